The van der Waals surface area contributed by atoms with Crippen LogP contribution in [0.15, 0.2) is 200 Å². The van der Waals surface area contributed by atoms with Crippen molar-refractivity contribution in [3.05, 3.63) is 200 Å². The number of pyridine rings is 1. The molecular weight excluding hydrogens is 683 g/mol. The van der Waals surface area contributed by atoms with E-state index < -0.39 is 0 Å². The van der Waals surface area contributed by atoms with Gasteiger partial charge in [-0.15, -0.1) is 0 Å². The van der Waals surface area contributed by atoms with Gasteiger partial charge < -0.3 is 9.13 Å². The molecule has 0 fully saturated rings. The molecule has 0 saturated heterocycles. The molecular formula is C51H33N5. The number of hydrogen-bond acceptors (Lipinski definition) is 3. The maximum absolute atomic E-state index is 5.35. The molecule has 0 saturated carbocycles. The summed E-state index contributed by atoms with van der Waals surface area (Å²) >= 11 is 0. The van der Waals surface area contributed by atoms with E-state index in [0.29, 0.717) is 5.82 Å². The summed E-state index contributed by atoms with van der Waals surface area (Å²) in [5.41, 5.74) is 13.2. The predicted molar refractivity (Wildman–Crippen MR) is 230 cm³/mol. The minimum absolute atomic E-state index is 0.648. The van der Waals surface area contributed by atoms with E-state index in [9.17, 15) is 0 Å². The van der Waals surface area contributed by atoms with Crippen LogP contribution in [0.1, 0.15) is 0 Å². The molecule has 0 unspecified atom stereocenters. The van der Waals surface area contributed by atoms with Crippen LogP contribution >= 0.6 is 0 Å². The molecule has 0 aliphatic carbocycles. The van der Waals surface area contributed by atoms with E-state index in [1.54, 1.807) is 0 Å². The zero-order valence-corrected chi connectivity index (χ0v) is 30.3. The Morgan fingerprint density at radius 1 is 0.393 bits per heavy atom. The predicted octanol–water partition coefficient (Wildman–Crippen LogP) is 12.7. The smallest absolute Gasteiger partial charge is 0.160 e. The van der Waals surface area contributed by atoms with Gasteiger partial charge in [-0.1, -0.05) is 133 Å². The van der Waals surface area contributed by atoms with E-state index in [4.69, 9.17) is 15.0 Å². The third-order valence-corrected chi connectivity index (χ3v) is 10.7. The first kappa shape index (κ1) is 31.9. The summed E-state index contributed by atoms with van der Waals surface area (Å²) in [6, 6.07) is 67.9. The summed E-state index contributed by atoms with van der Waals surface area (Å²) in [5, 5.41) is 4.59. The Bertz CT molecular complexity index is 3180. The van der Waals surface area contributed by atoms with Crippen LogP contribution in [0.2, 0.25) is 0 Å². The van der Waals surface area contributed by atoms with Gasteiger partial charge in [0.15, 0.2) is 5.82 Å². The Balaban J connectivity index is 1.11. The topological polar surface area (TPSA) is 48.5 Å². The number of nitrogens with zero attached hydrogens (tertiary/aromatic N) is 5. The van der Waals surface area contributed by atoms with Crippen molar-refractivity contribution in [2.45, 2.75) is 0 Å². The Morgan fingerprint density at radius 3 is 1.88 bits per heavy atom. The van der Waals surface area contributed by atoms with Crippen molar-refractivity contribution in [1.29, 1.82) is 0 Å². The van der Waals surface area contributed by atoms with Crippen molar-refractivity contribution in [2.24, 2.45) is 0 Å². The number of benzene rings is 7. The second-order valence-electron chi connectivity index (χ2n) is 14.1. The number of hydrogen-bond donors (Lipinski definition) is 0. The molecule has 4 heterocycles. The van der Waals surface area contributed by atoms with Crippen molar-refractivity contribution in [2.75, 3.05) is 0 Å². The molecule has 4 aromatic heterocycles. The first-order valence-corrected chi connectivity index (χ1v) is 18.9. The summed E-state index contributed by atoms with van der Waals surface area (Å²) < 4.78 is 4.67. The quantitative estimate of drug-likeness (QED) is 0.172. The fourth-order valence-electron chi connectivity index (χ4n) is 8.15. The average molecular weight is 716 g/mol. The summed E-state index contributed by atoms with van der Waals surface area (Å²) in [7, 11) is 0. The summed E-state index contributed by atoms with van der Waals surface area (Å²) in [5.74, 6) is 0.648. The van der Waals surface area contributed by atoms with E-state index in [1.165, 1.54) is 21.7 Å². The van der Waals surface area contributed by atoms with E-state index in [1.807, 2.05) is 24.3 Å². The van der Waals surface area contributed by atoms with Crippen molar-refractivity contribution in [3.8, 4) is 56.5 Å². The average Bonchev–Trinajstić information content (AvgIpc) is 3.86. The van der Waals surface area contributed by atoms with Crippen molar-refractivity contribution in [1.82, 2.24) is 24.1 Å². The highest BCUT2D eigenvalue weighted by Crippen LogP contribution is 2.39. The van der Waals surface area contributed by atoms with Crippen LogP contribution in [0.25, 0.3) is 100 Å². The molecule has 56 heavy (non-hydrogen) atoms. The van der Waals surface area contributed by atoms with Crippen molar-refractivity contribution < 1.29 is 0 Å². The van der Waals surface area contributed by atoms with Gasteiger partial charge in [0.1, 0.15) is 5.69 Å². The molecule has 0 spiro atoms. The lowest BCUT2D eigenvalue weighted by molar-refractivity contribution is 1.13. The summed E-state index contributed by atoms with van der Waals surface area (Å²) in [4.78, 5) is 15.8. The number of para-hydroxylation sites is 3. The van der Waals surface area contributed by atoms with Gasteiger partial charge in [0.2, 0.25) is 0 Å². The molecule has 0 aliphatic heterocycles. The highest BCUT2D eigenvalue weighted by atomic mass is 15.0. The van der Waals surface area contributed by atoms with E-state index in [2.05, 4.69) is 185 Å². The molecule has 0 aliphatic rings. The summed E-state index contributed by atoms with van der Waals surface area (Å²) in [6.07, 6.45) is 2.17. The lowest BCUT2D eigenvalue weighted by Gasteiger charge is -2.14. The monoisotopic (exact) mass is 715 g/mol. The Morgan fingerprint density at radius 2 is 1.05 bits per heavy atom. The van der Waals surface area contributed by atoms with Gasteiger partial charge in [0.25, 0.3) is 0 Å². The van der Waals surface area contributed by atoms with E-state index >= 15 is 0 Å². The molecule has 5 heteroatoms. The van der Waals surface area contributed by atoms with Crippen LogP contribution in [0.4, 0.5) is 0 Å². The maximum Gasteiger partial charge on any atom is 0.160 e. The molecule has 262 valence electrons. The SMILES string of the molecule is c1ccc(-c2cc(-c3ccccc3)nc(-c3nc(-c4cccc(-n5c6ccccc6c6c7c(ccc65)ccn7-c5ccccc5)c4)nc4ccccc34)c2)cc1. The lowest BCUT2D eigenvalue weighted by Crippen LogP contribution is -1.99. The molecule has 0 amide bonds. The Labute approximate surface area is 323 Å². The van der Waals surface area contributed by atoms with Crippen LogP contribution in [0, 0.1) is 0 Å². The molecule has 7 aromatic carbocycles. The van der Waals surface area contributed by atoms with Crippen LogP contribution in [-0.4, -0.2) is 24.1 Å². The molecule has 5 nitrogen and oxygen atoms in total. The molecule has 11 aromatic rings. The lowest BCUT2D eigenvalue weighted by atomic mass is 10.0. The standard InChI is InChI=1S/C51H33N5/c1-4-15-34(16-5-1)38-32-44(35-17-6-2-7-18-35)52-45(33-38)49-41-23-10-12-25-43(41)53-51(54-49)37-19-14-22-40(31-37)56-46-26-13-11-24-42(46)48-47(56)28-27-36-29-30-55(50(36)48)39-20-8-3-9-21-39/h1-33H. The van der Waals surface area contributed by atoms with Crippen LogP contribution in [-0.2, 0) is 0 Å². The zero-order valence-electron chi connectivity index (χ0n) is 30.3. The molecule has 0 bridgehead atoms. The Hall–Kier alpha value is -7.63. The fraction of sp³-hybridized carbons (Fsp3) is 0. The van der Waals surface area contributed by atoms with Crippen LogP contribution in [0.5, 0.6) is 0 Å². The first-order chi connectivity index (χ1) is 27.8. The molecule has 0 N–H and O–H groups in total. The second-order valence-corrected chi connectivity index (χ2v) is 14.1. The second kappa shape index (κ2) is 13.0. The van der Waals surface area contributed by atoms with E-state index in [-0.39, 0.29) is 0 Å². The normalized spacial score (nSPS) is 11.6. The maximum atomic E-state index is 5.35. The number of fused-ring (bicyclic) bond motifs is 6. The Kier molecular flexibility index (Phi) is 7.42. The minimum atomic E-state index is 0.648. The van der Waals surface area contributed by atoms with Crippen molar-refractivity contribution >= 4 is 43.6 Å². The van der Waals surface area contributed by atoms with Crippen LogP contribution in [0.3, 0.4) is 0 Å². The van der Waals surface area contributed by atoms with Crippen molar-refractivity contribution in [3.63, 3.8) is 0 Å². The summed E-state index contributed by atoms with van der Waals surface area (Å²) in [6.45, 7) is 0. The largest absolute Gasteiger partial charge is 0.316 e. The van der Waals surface area contributed by atoms with Gasteiger partial charge in [-0.3, -0.25) is 0 Å². The molecule has 0 radical (unpaired) electrons. The fourth-order valence-corrected chi connectivity index (χ4v) is 8.15. The van der Waals surface area contributed by atoms with Crippen LogP contribution < -0.4 is 0 Å². The highest BCUT2D eigenvalue weighted by molar-refractivity contribution is 6.20. The van der Waals surface area contributed by atoms with Gasteiger partial charge in [-0.05, 0) is 71.8 Å². The number of rotatable bonds is 6. The van der Waals surface area contributed by atoms with Gasteiger partial charge >= 0.3 is 0 Å². The van der Waals surface area contributed by atoms with Gasteiger partial charge in [-0.25, -0.2) is 15.0 Å². The highest BCUT2D eigenvalue weighted by Gasteiger charge is 2.19. The third-order valence-electron chi connectivity index (χ3n) is 10.7. The molecule has 11 rings (SSSR count). The van der Waals surface area contributed by atoms with Gasteiger partial charge in [0, 0.05) is 50.2 Å². The van der Waals surface area contributed by atoms with E-state index in [0.717, 1.165) is 72.6 Å². The zero-order chi connectivity index (χ0) is 37.0. The number of aromatic nitrogens is 5. The third kappa shape index (κ3) is 5.29. The first-order valence-electron chi connectivity index (χ1n) is 18.9. The minimum Gasteiger partial charge on any atom is -0.316 e. The molecule has 0 atom stereocenters. The van der Waals surface area contributed by atoms with Gasteiger partial charge in [0.05, 0.1) is 33.5 Å². The van der Waals surface area contributed by atoms with Gasteiger partial charge in [-0.2, -0.15) is 0 Å².